The maximum absolute atomic E-state index is 12.8. The minimum atomic E-state index is -0.314. The molecule has 0 aliphatic heterocycles. The van der Waals surface area contributed by atoms with Crippen LogP contribution in [0, 0.1) is 6.92 Å². The van der Waals surface area contributed by atoms with E-state index in [1.165, 1.54) is 16.0 Å². The highest BCUT2D eigenvalue weighted by Gasteiger charge is 2.20. The number of fused-ring (bicyclic) bond motifs is 1. The summed E-state index contributed by atoms with van der Waals surface area (Å²) in [4.78, 5) is 29.5. The van der Waals surface area contributed by atoms with Crippen LogP contribution in [0.5, 0.6) is 0 Å². The monoisotopic (exact) mass is 368 g/mol. The summed E-state index contributed by atoms with van der Waals surface area (Å²) in [6.45, 7) is 1.79. The smallest absolute Gasteiger partial charge is 0.294 e. The van der Waals surface area contributed by atoms with E-state index in [0.717, 1.165) is 41.0 Å². The number of aromatic nitrogens is 3. The number of hydrogen-bond acceptors (Lipinski definition) is 5. The number of aryl methyl sites for hydroxylation is 1. The van der Waals surface area contributed by atoms with Crippen LogP contribution in [0.1, 0.15) is 30.7 Å². The third-order valence-electron chi connectivity index (χ3n) is 4.67. The maximum Gasteiger partial charge on any atom is 0.294 e. The van der Waals surface area contributed by atoms with Gasteiger partial charge in [-0.3, -0.25) is 9.59 Å². The van der Waals surface area contributed by atoms with Crippen molar-refractivity contribution >= 4 is 27.5 Å². The Labute approximate surface area is 154 Å². The fourth-order valence-electron chi connectivity index (χ4n) is 3.44. The summed E-state index contributed by atoms with van der Waals surface area (Å²) in [5, 5.41) is 8.33. The van der Waals surface area contributed by atoms with Gasteiger partial charge in [-0.25, -0.2) is 9.67 Å². The van der Waals surface area contributed by atoms with Gasteiger partial charge >= 0.3 is 0 Å². The molecule has 4 rings (SSSR count). The molecule has 0 atom stereocenters. The van der Waals surface area contributed by atoms with Crippen molar-refractivity contribution in [2.45, 2.75) is 45.2 Å². The zero-order valence-corrected chi connectivity index (χ0v) is 15.4. The topological polar surface area (TPSA) is 76.9 Å². The number of hydrogen-bond donors (Lipinski definition) is 1. The van der Waals surface area contributed by atoms with E-state index in [2.05, 4.69) is 15.4 Å². The summed E-state index contributed by atoms with van der Waals surface area (Å²) in [5.41, 5.74) is 1.67. The Morgan fingerprint density at radius 2 is 2.00 bits per heavy atom. The number of nitrogens with zero attached hydrogens (tertiary/aromatic N) is 3. The van der Waals surface area contributed by atoms with Gasteiger partial charge in [0.05, 0.1) is 9.71 Å². The largest absolute Gasteiger partial charge is 0.352 e. The molecule has 2 aromatic heterocycles. The number of benzene rings is 1. The molecule has 0 bridgehead atoms. The van der Waals surface area contributed by atoms with Crippen molar-refractivity contribution in [3.8, 4) is 11.3 Å². The highest BCUT2D eigenvalue weighted by Crippen LogP contribution is 2.29. The van der Waals surface area contributed by atoms with Crippen LogP contribution in [0.25, 0.3) is 21.5 Å². The number of carbonyl (C=O) groups excluding carboxylic acids is 1. The first-order valence-corrected chi connectivity index (χ1v) is 9.66. The fourth-order valence-corrected chi connectivity index (χ4v) is 4.36. The van der Waals surface area contributed by atoms with Crippen LogP contribution in [0.4, 0.5) is 0 Å². The molecule has 7 heteroatoms. The van der Waals surface area contributed by atoms with Gasteiger partial charge in [0.25, 0.3) is 5.56 Å². The first-order valence-electron chi connectivity index (χ1n) is 8.85. The second kappa shape index (κ2) is 6.99. The highest BCUT2D eigenvalue weighted by atomic mass is 32.1. The van der Waals surface area contributed by atoms with E-state index >= 15 is 0 Å². The number of carbonyl (C=O) groups is 1. The predicted molar refractivity (Wildman–Crippen MR) is 102 cm³/mol. The molecule has 1 amide bonds. The molecule has 26 heavy (non-hydrogen) atoms. The third-order valence-corrected chi connectivity index (χ3v) is 5.65. The van der Waals surface area contributed by atoms with E-state index in [9.17, 15) is 9.59 Å². The van der Waals surface area contributed by atoms with Gasteiger partial charge < -0.3 is 5.32 Å². The van der Waals surface area contributed by atoms with Crippen LogP contribution in [0.3, 0.4) is 0 Å². The minimum Gasteiger partial charge on any atom is -0.352 e. The zero-order valence-electron chi connectivity index (χ0n) is 14.6. The minimum absolute atomic E-state index is 0.0817. The van der Waals surface area contributed by atoms with Crippen molar-refractivity contribution in [3.63, 3.8) is 0 Å². The molecular weight excluding hydrogens is 348 g/mol. The molecule has 1 aliphatic carbocycles. The third kappa shape index (κ3) is 3.26. The Bertz CT molecular complexity index is 1000. The lowest BCUT2D eigenvalue weighted by Gasteiger charge is -2.13. The average molecular weight is 368 g/mol. The van der Waals surface area contributed by atoms with Crippen LogP contribution in [-0.4, -0.2) is 26.7 Å². The van der Waals surface area contributed by atoms with Crippen molar-refractivity contribution < 1.29 is 4.79 Å². The van der Waals surface area contributed by atoms with Crippen molar-refractivity contribution in [1.29, 1.82) is 0 Å². The van der Waals surface area contributed by atoms with E-state index < -0.39 is 0 Å². The Kier molecular flexibility index (Phi) is 4.55. The molecule has 1 aromatic carbocycles. The van der Waals surface area contributed by atoms with Gasteiger partial charge in [0.15, 0.2) is 5.52 Å². The molecule has 0 spiro atoms. The fraction of sp³-hybridized carbons (Fsp3) is 0.368. The maximum atomic E-state index is 12.8. The summed E-state index contributed by atoms with van der Waals surface area (Å²) < 4.78 is 2.01. The van der Waals surface area contributed by atoms with Gasteiger partial charge in [-0.15, -0.1) is 11.3 Å². The summed E-state index contributed by atoms with van der Waals surface area (Å²) in [6.07, 6.45) is 4.30. The Morgan fingerprint density at radius 3 is 2.73 bits per heavy atom. The van der Waals surface area contributed by atoms with Crippen LogP contribution in [0.15, 0.2) is 35.1 Å². The van der Waals surface area contributed by atoms with Gasteiger partial charge in [0.1, 0.15) is 12.2 Å². The molecule has 0 radical (unpaired) electrons. The second-order valence-electron chi connectivity index (χ2n) is 6.64. The molecular formula is C19H20N4O2S. The molecule has 0 saturated heterocycles. The Morgan fingerprint density at radius 1 is 1.27 bits per heavy atom. The first kappa shape index (κ1) is 16.9. The molecule has 1 N–H and O–H groups in total. The summed E-state index contributed by atoms with van der Waals surface area (Å²) in [7, 11) is 0. The van der Waals surface area contributed by atoms with E-state index in [-0.39, 0.29) is 24.1 Å². The van der Waals surface area contributed by atoms with Crippen LogP contribution >= 0.6 is 11.3 Å². The zero-order chi connectivity index (χ0) is 18.1. The molecule has 2 heterocycles. The highest BCUT2D eigenvalue weighted by molar-refractivity contribution is 7.19. The standard InChI is InChI=1S/C19H20N4O2S/c1-12-20-17-18(26-12)16(13-7-3-2-4-8-13)22-23(19(17)25)11-15(24)21-14-9-5-6-10-14/h2-4,7-8,14H,5-6,9-11H2,1H3,(H,21,24). The van der Waals surface area contributed by atoms with Gasteiger partial charge in [-0.1, -0.05) is 43.2 Å². The van der Waals surface area contributed by atoms with Gasteiger partial charge in [0.2, 0.25) is 5.91 Å². The lowest BCUT2D eigenvalue weighted by atomic mass is 10.1. The van der Waals surface area contributed by atoms with Gasteiger partial charge in [-0.2, -0.15) is 5.10 Å². The molecule has 1 fully saturated rings. The average Bonchev–Trinajstić information content (AvgIpc) is 3.27. The number of amides is 1. The lowest BCUT2D eigenvalue weighted by molar-refractivity contribution is -0.122. The van der Waals surface area contributed by atoms with Crippen molar-refractivity contribution in [2.24, 2.45) is 0 Å². The van der Waals surface area contributed by atoms with Crippen molar-refractivity contribution in [2.75, 3.05) is 0 Å². The van der Waals surface area contributed by atoms with Gasteiger partial charge in [0, 0.05) is 11.6 Å². The molecule has 1 aliphatic rings. The molecule has 134 valence electrons. The van der Waals surface area contributed by atoms with Crippen LogP contribution < -0.4 is 10.9 Å². The number of rotatable bonds is 4. The molecule has 1 saturated carbocycles. The Balaban J connectivity index is 1.73. The number of nitrogens with one attached hydrogen (secondary N) is 1. The van der Waals surface area contributed by atoms with E-state index in [0.29, 0.717) is 11.2 Å². The normalized spacial score (nSPS) is 14.8. The van der Waals surface area contributed by atoms with E-state index in [4.69, 9.17) is 0 Å². The first-order chi connectivity index (χ1) is 12.6. The molecule has 0 unspecified atom stereocenters. The molecule has 3 aromatic rings. The predicted octanol–water partition coefficient (Wildman–Crippen LogP) is 2.89. The van der Waals surface area contributed by atoms with E-state index in [1.807, 2.05) is 37.3 Å². The summed E-state index contributed by atoms with van der Waals surface area (Å²) >= 11 is 1.45. The van der Waals surface area contributed by atoms with Crippen LogP contribution in [-0.2, 0) is 11.3 Å². The van der Waals surface area contributed by atoms with Crippen molar-refractivity contribution in [1.82, 2.24) is 20.1 Å². The lowest BCUT2D eigenvalue weighted by Crippen LogP contribution is -2.38. The number of thiazole rings is 1. The van der Waals surface area contributed by atoms with E-state index in [1.54, 1.807) is 0 Å². The second-order valence-corrected chi connectivity index (χ2v) is 7.84. The Hall–Kier alpha value is -2.54. The SMILES string of the molecule is Cc1nc2c(=O)n(CC(=O)NC3CCCC3)nc(-c3ccccc3)c2s1. The van der Waals surface area contributed by atoms with Gasteiger partial charge in [-0.05, 0) is 19.8 Å². The summed E-state index contributed by atoms with van der Waals surface area (Å²) in [5.74, 6) is -0.170. The van der Waals surface area contributed by atoms with Crippen LogP contribution in [0.2, 0.25) is 0 Å². The van der Waals surface area contributed by atoms with Crippen molar-refractivity contribution in [3.05, 3.63) is 45.7 Å². The molecule has 6 nitrogen and oxygen atoms in total. The summed E-state index contributed by atoms with van der Waals surface area (Å²) in [6, 6.07) is 9.91. The quantitative estimate of drug-likeness (QED) is 0.768.